The molecule has 0 amide bonds. The van der Waals surface area contributed by atoms with E-state index in [0.717, 1.165) is 44.6 Å². The van der Waals surface area contributed by atoms with Crippen molar-refractivity contribution >= 4 is 0 Å². The van der Waals surface area contributed by atoms with Crippen molar-refractivity contribution in [1.29, 1.82) is 0 Å². The van der Waals surface area contributed by atoms with E-state index in [-0.39, 0.29) is 12.2 Å². The largest absolute Gasteiger partial charge is 0.393 e. The fraction of sp³-hybridized carbons (Fsp3) is 1.00. The second-order valence-electron chi connectivity index (χ2n) is 11.7. The van der Waals surface area contributed by atoms with Crippen LogP contribution in [0.2, 0.25) is 0 Å². The lowest BCUT2D eigenvalue weighted by atomic mass is 9.41. The summed E-state index contributed by atoms with van der Waals surface area (Å²) >= 11 is 0. The van der Waals surface area contributed by atoms with Gasteiger partial charge in [-0.25, -0.2) is 0 Å². The van der Waals surface area contributed by atoms with Crippen LogP contribution in [0.1, 0.15) is 85.5 Å². The van der Waals surface area contributed by atoms with E-state index < -0.39 is 0 Å². The zero-order valence-corrected chi connectivity index (χ0v) is 18.7. The van der Waals surface area contributed by atoms with Crippen LogP contribution >= 0.6 is 0 Å². The molecule has 3 nitrogen and oxygen atoms in total. The van der Waals surface area contributed by atoms with Gasteiger partial charge in [0.25, 0.3) is 0 Å². The molecule has 28 heavy (non-hydrogen) atoms. The van der Waals surface area contributed by atoms with Gasteiger partial charge in [-0.05, 0) is 110 Å². The number of aliphatic hydroxyl groups excluding tert-OH is 2. The first-order valence-corrected chi connectivity index (χ1v) is 12.3. The summed E-state index contributed by atoms with van der Waals surface area (Å²) < 4.78 is 0. The average Bonchev–Trinajstić information content (AvgIpc) is 3.01. The van der Waals surface area contributed by atoms with Crippen molar-refractivity contribution in [3.63, 3.8) is 0 Å². The van der Waals surface area contributed by atoms with Crippen LogP contribution in [0.5, 0.6) is 0 Å². The molecular formula is C25H45NO2. The van der Waals surface area contributed by atoms with E-state index in [9.17, 15) is 10.2 Å². The highest BCUT2D eigenvalue weighted by Gasteiger charge is 2.64. The van der Waals surface area contributed by atoms with Gasteiger partial charge in [0.1, 0.15) is 0 Å². The highest BCUT2D eigenvalue weighted by Crippen LogP contribution is 2.69. The molecule has 0 aromatic carbocycles. The minimum absolute atomic E-state index is 0.155. The first-order chi connectivity index (χ1) is 13.3. The van der Waals surface area contributed by atoms with Gasteiger partial charge in [-0.2, -0.15) is 0 Å². The summed E-state index contributed by atoms with van der Waals surface area (Å²) in [6.07, 6.45) is 10.1. The van der Waals surface area contributed by atoms with Gasteiger partial charge >= 0.3 is 0 Å². The second-order valence-corrected chi connectivity index (χ2v) is 11.7. The fourth-order valence-corrected chi connectivity index (χ4v) is 9.40. The molecule has 4 N–H and O–H groups in total. The van der Waals surface area contributed by atoms with Crippen molar-refractivity contribution in [1.82, 2.24) is 0 Å². The highest BCUT2D eigenvalue weighted by molar-refractivity contribution is 5.13. The normalized spacial score (nSPS) is 54.5. The molecule has 11 atom stereocenters. The molecule has 0 radical (unpaired) electrons. The molecule has 0 saturated heterocycles. The third-order valence-electron chi connectivity index (χ3n) is 10.8. The number of hydrogen-bond donors (Lipinski definition) is 3. The van der Waals surface area contributed by atoms with E-state index in [4.69, 9.17) is 5.73 Å². The Morgan fingerprint density at radius 3 is 2.32 bits per heavy atom. The molecule has 4 aliphatic rings. The Bertz CT molecular complexity index is 567. The van der Waals surface area contributed by atoms with Crippen LogP contribution in [0.3, 0.4) is 0 Å². The van der Waals surface area contributed by atoms with E-state index in [1.165, 1.54) is 25.7 Å². The summed E-state index contributed by atoms with van der Waals surface area (Å²) in [7, 11) is 0. The fourth-order valence-electron chi connectivity index (χ4n) is 9.40. The lowest BCUT2D eigenvalue weighted by Gasteiger charge is -2.64. The van der Waals surface area contributed by atoms with E-state index >= 15 is 0 Å². The molecule has 4 rings (SSSR count). The maximum Gasteiger partial charge on any atom is 0.0605 e. The molecule has 0 heterocycles. The Hall–Kier alpha value is -0.120. The lowest BCUT2D eigenvalue weighted by molar-refractivity contribution is -0.203. The number of rotatable bonds is 4. The van der Waals surface area contributed by atoms with Gasteiger partial charge in [0.15, 0.2) is 0 Å². The Morgan fingerprint density at radius 1 is 0.964 bits per heavy atom. The average molecular weight is 392 g/mol. The van der Waals surface area contributed by atoms with Gasteiger partial charge in [-0.3, -0.25) is 0 Å². The number of aliphatic hydroxyl groups is 2. The molecule has 0 aromatic rings. The van der Waals surface area contributed by atoms with Gasteiger partial charge in [-0.15, -0.1) is 0 Å². The van der Waals surface area contributed by atoms with Crippen molar-refractivity contribution in [3.05, 3.63) is 0 Å². The van der Waals surface area contributed by atoms with Crippen molar-refractivity contribution in [2.45, 2.75) is 97.7 Å². The summed E-state index contributed by atoms with van der Waals surface area (Å²) in [5.41, 5.74) is 6.61. The van der Waals surface area contributed by atoms with Gasteiger partial charge in [0.2, 0.25) is 0 Å². The Kier molecular flexibility index (Phi) is 5.69. The van der Waals surface area contributed by atoms with E-state index in [1.54, 1.807) is 0 Å². The molecule has 1 unspecified atom stereocenters. The number of hydrogen-bond acceptors (Lipinski definition) is 3. The van der Waals surface area contributed by atoms with Crippen LogP contribution in [0.25, 0.3) is 0 Å². The van der Waals surface area contributed by atoms with Crippen LogP contribution in [0.15, 0.2) is 0 Å². The van der Waals surface area contributed by atoms with Gasteiger partial charge in [-0.1, -0.05) is 34.1 Å². The molecule has 4 saturated carbocycles. The molecule has 0 aliphatic heterocycles. The van der Waals surface area contributed by atoms with E-state index in [2.05, 4.69) is 27.7 Å². The van der Waals surface area contributed by atoms with Crippen molar-refractivity contribution in [2.24, 2.45) is 58.0 Å². The topological polar surface area (TPSA) is 66.5 Å². The summed E-state index contributed by atoms with van der Waals surface area (Å²) in [5.74, 6) is 4.12. The van der Waals surface area contributed by atoms with Gasteiger partial charge in [0.05, 0.1) is 12.2 Å². The van der Waals surface area contributed by atoms with Gasteiger partial charge in [0, 0.05) is 0 Å². The maximum absolute atomic E-state index is 11.7. The standard InChI is InChI=1S/C25H45NO2/c1-5-17-21-14-16(27)8-11-25(21,4)20-9-12-24(3)18(15(2)10-13-26)6-7-19(24)22(20)23(17)28/h15-23,27-28H,5-14,26H2,1-4H3/t15-,16-,17-,18-,19+,20+,21+,22?,23-,24-,25-/m1/s1. The third kappa shape index (κ3) is 2.94. The Labute approximate surface area is 172 Å². The molecule has 0 spiro atoms. The van der Waals surface area contributed by atoms with Crippen molar-refractivity contribution in [3.8, 4) is 0 Å². The quantitative estimate of drug-likeness (QED) is 0.656. The first-order valence-electron chi connectivity index (χ1n) is 12.3. The summed E-state index contributed by atoms with van der Waals surface area (Å²) in [5, 5.41) is 22.1. The maximum atomic E-state index is 11.7. The monoisotopic (exact) mass is 391 g/mol. The molecule has 0 bridgehead atoms. The predicted octanol–water partition coefficient (Wildman–Crippen LogP) is 4.60. The Balaban J connectivity index is 1.67. The molecule has 4 fully saturated rings. The van der Waals surface area contributed by atoms with Crippen LogP contribution < -0.4 is 5.73 Å². The second kappa shape index (κ2) is 7.54. The Morgan fingerprint density at radius 2 is 1.64 bits per heavy atom. The third-order valence-corrected chi connectivity index (χ3v) is 10.8. The van der Waals surface area contributed by atoms with E-state index in [0.29, 0.717) is 46.3 Å². The predicted molar refractivity (Wildman–Crippen MR) is 115 cm³/mol. The van der Waals surface area contributed by atoms with Gasteiger partial charge < -0.3 is 15.9 Å². The first kappa shape index (κ1) is 21.1. The summed E-state index contributed by atoms with van der Waals surface area (Å²) in [4.78, 5) is 0. The minimum atomic E-state index is -0.174. The van der Waals surface area contributed by atoms with Crippen molar-refractivity contribution < 1.29 is 10.2 Å². The molecule has 3 heteroatoms. The smallest absolute Gasteiger partial charge is 0.0605 e. The van der Waals surface area contributed by atoms with Crippen LogP contribution in [0, 0.1) is 52.3 Å². The summed E-state index contributed by atoms with van der Waals surface area (Å²) in [6.45, 7) is 10.6. The SMILES string of the molecule is CC[C@H]1[C@@H](O)C2[C@@H]3CC[C@H]([C@H](C)CCN)[C@@]3(C)CC[C@@H]2[C@@]2(C)CC[C@@H](O)C[C@@H]12. The highest BCUT2D eigenvalue weighted by atomic mass is 16.3. The molecular weight excluding hydrogens is 346 g/mol. The number of fused-ring (bicyclic) bond motifs is 5. The molecule has 162 valence electrons. The summed E-state index contributed by atoms with van der Waals surface area (Å²) in [6, 6.07) is 0. The van der Waals surface area contributed by atoms with Crippen LogP contribution in [-0.2, 0) is 0 Å². The zero-order chi connectivity index (χ0) is 20.3. The van der Waals surface area contributed by atoms with Crippen LogP contribution in [-0.4, -0.2) is 29.0 Å². The lowest BCUT2D eigenvalue weighted by Crippen LogP contribution is -2.62. The van der Waals surface area contributed by atoms with E-state index in [1.807, 2.05) is 0 Å². The molecule has 0 aromatic heterocycles. The van der Waals surface area contributed by atoms with Crippen LogP contribution in [0.4, 0.5) is 0 Å². The van der Waals surface area contributed by atoms with Crippen molar-refractivity contribution in [2.75, 3.05) is 6.54 Å². The number of nitrogens with two attached hydrogens (primary N) is 1. The minimum Gasteiger partial charge on any atom is -0.393 e. The zero-order valence-electron chi connectivity index (χ0n) is 18.7. The molecule has 4 aliphatic carbocycles.